The van der Waals surface area contributed by atoms with Gasteiger partial charge in [-0.2, -0.15) is 0 Å². The molecule has 0 aliphatic heterocycles. The van der Waals surface area contributed by atoms with Gasteiger partial charge in [-0.05, 0) is 25.2 Å². The highest BCUT2D eigenvalue weighted by atomic mass is 14.5. The fraction of sp³-hybridized carbons (Fsp3) is 0.857. The highest BCUT2D eigenvalue weighted by Crippen LogP contribution is 2.31. The van der Waals surface area contributed by atoms with Crippen LogP contribution in [0.15, 0.2) is 0 Å². The van der Waals surface area contributed by atoms with Crippen molar-refractivity contribution in [3.63, 3.8) is 0 Å². The lowest BCUT2D eigenvalue weighted by molar-refractivity contribution is 0.939. The number of rotatable bonds is 3. The summed E-state index contributed by atoms with van der Waals surface area (Å²) in [5, 5.41) is 7.41. The Labute approximate surface area is 50.6 Å². The molecule has 0 bridgehead atoms. The Morgan fingerprint density at radius 1 is 1.62 bits per heavy atom. The molecular weight excluding hydrogens is 98.1 g/mol. The molecule has 1 aliphatic carbocycles. The maximum absolute atomic E-state index is 7.41. The van der Waals surface area contributed by atoms with Crippen LogP contribution in [0.1, 0.15) is 32.6 Å². The fourth-order valence-electron chi connectivity index (χ4n) is 0.905. The van der Waals surface area contributed by atoms with Crippen molar-refractivity contribution in [2.75, 3.05) is 0 Å². The van der Waals surface area contributed by atoms with Crippen LogP contribution in [-0.4, -0.2) is 5.71 Å². The highest BCUT2D eigenvalue weighted by Gasteiger charge is 2.24. The Balaban J connectivity index is 2.13. The standard InChI is InChI=1S/C7H13N/c1-2-3-7(8)6-4-5-6/h6,8H,2-5H2,1H3. The fourth-order valence-corrected chi connectivity index (χ4v) is 0.905. The summed E-state index contributed by atoms with van der Waals surface area (Å²) >= 11 is 0. The summed E-state index contributed by atoms with van der Waals surface area (Å²) in [4.78, 5) is 0. The summed E-state index contributed by atoms with van der Waals surface area (Å²) in [5.41, 5.74) is 0.993. The molecule has 46 valence electrons. The molecule has 0 spiro atoms. The quantitative estimate of drug-likeness (QED) is 0.540. The first-order valence-electron chi connectivity index (χ1n) is 3.42. The molecule has 0 saturated heterocycles. The third kappa shape index (κ3) is 1.32. The van der Waals surface area contributed by atoms with Crippen molar-refractivity contribution >= 4 is 5.71 Å². The van der Waals surface area contributed by atoms with E-state index in [0.717, 1.165) is 18.6 Å². The summed E-state index contributed by atoms with van der Waals surface area (Å²) in [7, 11) is 0. The van der Waals surface area contributed by atoms with E-state index in [1.54, 1.807) is 0 Å². The summed E-state index contributed by atoms with van der Waals surface area (Å²) in [6.45, 7) is 2.14. The summed E-state index contributed by atoms with van der Waals surface area (Å²) in [6.07, 6.45) is 4.76. The number of hydrogen-bond acceptors (Lipinski definition) is 1. The van der Waals surface area contributed by atoms with Crippen LogP contribution in [0.25, 0.3) is 0 Å². The van der Waals surface area contributed by atoms with Gasteiger partial charge in [-0.1, -0.05) is 13.3 Å². The second-order valence-corrected chi connectivity index (χ2v) is 2.55. The maximum atomic E-state index is 7.41. The smallest absolute Gasteiger partial charge is 0.0120 e. The van der Waals surface area contributed by atoms with E-state index in [4.69, 9.17) is 5.41 Å². The monoisotopic (exact) mass is 111 g/mol. The van der Waals surface area contributed by atoms with E-state index in [-0.39, 0.29) is 0 Å². The molecule has 0 unspecified atom stereocenters. The predicted molar refractivity (Wildman–Crippen MR) is 35.4 cm³/mol. The minimum absolute atomic E-state index is 0.704. The zero-order chi connectivity index (χ0) is 5.98. The zero-order valence-electron chi connectivity index (χ0n) is 5.41. The molecule has 1 fully saturated rings. The zero-order valence-corrected chi connectivity index (χ0v) is 5.41. The van der Waals surface area contributed by atoms with Gasteiger partial charge in [-0.25, -0.2) is 0 Å². The minimum atomic E-state index is 0.704. The number of nitrogens with one attached hydrogen (secondary N) is 1. The Hall–Kier alpha value is -0.330. The molecule has 0 aromatic carbocycles. The van der Waals surface area contributed by atoms with Crippen LogP contribution in [0.5, 0.6) is 0 Å². The van der Waals surface area contributed by atoms with Gasteiger partial charge in [0.25, 0.3) is 0 Å². The van der Waals surface area contributed by atoms with Gasteiger partial charge in [0.2, 0.25) is 0 Å². The van der Waals surface area contributed by atoms with Crippen LogP contribution < -0.4 is 0 Å². The first-order valence-corrected chi connectivity index (χ1v) is 3.42. The SMILES string of the molecule is CCCC(=N)C1CC1. The number of hydrogen-bond donors (Lipinski definition) is 1. The van der Waals surface area contributed by atoms with E-state index in [2.05, 4.69) is 6.92 Å². The van der Waals surface area contributed by atoms with Crippen molar-refractivity contribution in [3.05, 3.63) is 0 Å². The summed E-state index contributed by atoms with van der Waals surface area (Å²) in [5.74, 6) is 0.704. The van der Waals surface area contributed by atoms with E-state index in [1.807, 2.05) is 0 Å². The van der Waals surface area contributed by atoms with Crippen LogP contribution in [-0.2, 0) is 0 Å². The largest absolute Gasteiger partial charge is 0.309 e. The van der Waals surface area contributed by atoms with E-state index < -0.39 is 0 Å². The molecule has 0 atom stereocenters. The molecule has 1 heteroatoms. The molecule has 1 aliphatic rings. The van der Waals surface area contributed by atoms with Gasteiger partial charge in [0.15, 0.2) is 0 Å². The average molecular weight is 111 g/mol. The Kier molecular flexibility index (Phi) is 1.66. The molecule has 0 radical (unpaired) electrons. The normalized spacial score (nSPS) is 18.6. The van der Waals surface area contributed by atoms with Crippen molar-refractivity contribution in [3.8, 4) is 0 Å². The van der Waals surface area contributed by atoms with E-state index in [9.17, 15) is 0 Å². The average Bonchev–Trinajstić information content (AvgIpc) is 2.45. The van der Waals surface area contributed by atoms with Crippen molar-refractivity contribution in [2.45, 2.75) is 32.6 Å². The van der Waals surface area contributed by atoms with Gasteiger partial charge in [-0.15, -0.1) is 0 Å². The highest BCUT2D eigenvalue weighted by molar-refractivity contribution is 5.85. The molecule has 1 nitrogen and oxygen atoms in total. The molecule has 0 aromatic rings. The summed E-state index contributed by atoms with van der Waals surface area (Å²) in [6, 6.07) is 0. The van der Waals surface area contributed by atoms with E-state index in [1.165, 1.54) is 12.8 Å². The first kappa shape index (κ1) is 5.80. The molecular formula is C7H13N. The lowest BCUT2D eigenvalue weighted by Gasteiger charge is -1.94. The first-order chi connectivity index (χ1) is 3.84. The van der Waals surface area contributed by atoms with Crippen LogP contribution in [0, 0.1) is 11.3 Å². The second kappa shape index (κ2) is 2.29. The van der Waals surface area contributed by atoms with Crippen LogP contribution >= 0.6 is 0 Å². The van der Waals surface area contributed by atoms with Gasteiger partial charge in [0.05, 0.1) is 0 Å². The summed E-state index contributed by atoms with van der Waals surface area (Å²) < 4.78 is 0. The minimum Gasteiger partial charge on any atom is -0.309 e. The van der Waals surface area contributed by atoms with Crippen LogP contribution in [0.3, 0.4) is 0 Å². The lowest BCUT2D eigenvalue weighted by Crippen LogP contribution is -1.96. The molecule has 1 saturated carbocycles. The predicted octanol–water partition coefficient (Wildman–Crippen LogP) is 2.22. The van der Waals surface area contributed by atoms with Crippen molar-refractivity contribution < 1.29 is 0 Å². The van der Waals surface area contributed by atoms with Crippen LogP contribution in [0.4, 0.5) is 0 Å². The van der Waals surface area contributed by atoms with E-state index >= 15 is 0 Å². The third-order valence-electron chi connectivity index (χ3n) is 1.59. The molecule has 0 heterocycles. The molecule has 0 aromatic heterocycles. The van der Waals surface area contributed by atoms with Gasteiger partial charge in [0.1, 0.15) is 0 Å². The lowest BCUT2D eigenvalue weighted by atomic mass is 10.1. The van der Waals surface area contributed by atoms with E-state index in [0.29, 0.717) is 5.92 Å². The third-order valence-corrected chi connectivity index (χ3v) is 1.59. The van der Waals surface area contributed by atoms with Crippen molar-refractivity contribution in [2.24, 2.45) is 5.92 Å². The van der Waals surface area contributed by atoms with Gasteiger partial charge < -0.3 is 5.41 Å². The second-order valence-electron chi connectivity index (χ2n) is 2.55. The molecule has 1 N–H and O–H groups in total. The topological polar surface area (TPSA) is 23.9 Å². The Morgan fingerprint density at radius 3 is 2.62 bits per heavy atom. The Bertz CT molecular complexity index is 92.6. The maximum Gasteiger partial charge on any atom is 0.0120 e. The van der Waals surface area contributed by atoms with Gasteiger partial charge in [0, 0.05) is 5.71 Å². The Morgan fingerprint density at radius 2 is 2.25 bits per heavy atom. The van der Waals surface area contributed by atoms with Crippen LogP contribution in [0.2, 0.25) is 0 Å². The van der Waals surface area contributed by atoms with Gasteiger partial charge in [-0.3, -0.25) is 0 Å². The van der Waals surface area contributed by atoms with Crippen molar-refractivity contribution in [1.82, 2.24) is 0 Å². The molecule has 8 heavy (non-hydrogen) atoms. The van der Waals surface area contributed by atoms with Crippen molar-refractivity contribution in [1.29, 1.82) is 5.41 Å². The molecule has 0 amide bonds. The van der Waals surface area contributed by atoms with Gasteiger partial charge >= 0.3 is 0 Å². The molecule has 1 rings (SSSR count).